The largest absolute Gasteiger partial charge is 0.344 e. The molecule has 0 aliphatic heterocycles. The van der Waals surface area contributed by atoms with Crippen molar-refractivity contribution in [2.24, 2.45) is 0 Å². The number of nitrogens with zero attached hydrogens (tertiary/aromatic N) is 1. The van der Waals surface area contributed by atoms with E-state index in [-0.39, 0.29) is 5.44 Å². The van der Waals surface area contributed by atoms with Crippen LogP contribution < -0.4 is 10.6 Å². The molecule has 0 aliphatic rings. The van der Waals surface area contributed by atoms with Crippen molar-refractivity contribution in [3.8, 4) is 0 Å². The molecular weight excluding hydrogens is 193 g/mol. The molecule has 0 atom stereocenters. The molecule has 16 heavy (non-hydrogen) atoms. The molecule has 0 spiro atoms. The highest BCUT2D eigenvalue weighted by Crippen LogP contribution is 2.15. The Hall–Kier alpha value is -1.44. The minimum Gasteiger partial charge on any atom is -0.344 e. The third kappa shape index (κ3) is 1.80. The summed E-state index contributed by atoms with van der Waals surface area (Å²) in [6.45, 7) is 18.3. The van der Waals surface area contributed by atoms with Crippen molar-refractivity contribution in [3.05, 3.63) is 35.0 Å². The highest BCUT2D eigenvalue weighted by molar-refractivity contribution is 6.13. The van der Waals surface area contributed by atoms with Gasteiger partial charge in [0.15, 0.2) is 0 Å². The van der Waals surface area contributed by atoms with E-state index >= 15 is 0 Å². The molecule has 0 N–H and O–H groups in total. The molecule has 1 aromatic heterocycles. The van der Waals surface area contributed by atoms with Gasteiger partial charge in [-0.25, -0.2) is 0 Å². The molecule has 1 heterocycles. The number of rotatable bonds is 3. The maximum Gasteiger partial charge on any atom is 0.134 e. The Morgan fingerprint density at radius 1 is 1.25 bits per heavy atom. The summed E-state index contributed by atoms with van der Waals surface area (Å²) >= 11 is 0. The topological polar surface area (TPSA) is 4.93 Å². The van der Waals surface area contributed by atoms with Crippen LogP contribution in [0.2, 0.25) is 0 Å². The van der Waals surface area contributed by atoms with Gasteiger partial charge in [-0.3, -0.25) is 0 Å². The number of hydrogen-bond acceptors (Lipinski definition) is 0. The Bertz CT molecular complexity index is 527. The van der Waals surface area contributed by atoms with Crippen LogP contribution in [0.5, 0.6) is 0 Å². The van der Waals surface area contributed by atoms with Crippen molar-refractivity contribution in [3.63, 3.8) is 0 Å². The van der Waals surface area contributed by atoms with Gasteiger partial charge in [0.2, 0.25) is 0 Å². The molecular formula is C14H20BN. The summed E-state index contributed by atoms with van der Waals surface area (Å²) in [6.07, 6.45) is 5.83. The van der Waals surface area contributed by atoms with Crippen LogP contribution in [0, 0.1) is 0 Å². The van der Waals surface area contributed by atoms with Crippen LogP contribution in [0.4, 0.5) is 0 Å². The van der Waals surface area contributed by atoms with E-state index in [2.05, 4.69) is 52.1 Å². The van der Waals surface area contributed by atoms with Crippen LogP contribution in [0.1, 0.15) is 32.0 Å². The fourth-order valence-electron chi connectivity index (χ4n) is 2.13. The van der Waals surface area contributed by atoms with Gasteiger partial charge in [-0.15, -0.1) is 0 Å². The third-order valence-electron chi connectivity index (χ3n) is 2.73. The molecule has 0 aliphatic carbocycles. The average Bonchev–Trinajstić information content (AvgIpc) is 2.49. The second-order valence-corrected chi connectivity index (χ2v) is 4.87. The minimum atomic E-state index is 0.0130. The van der Waals surface area contributed by atoms with E-state index in [9.17, 15) is 0 Å². The number of hydrogen-bond donors (Lipinski definition) is 0. The van der Waals surface area contributed by atoms with Crippen molar-refractivity contribution >= 4 is 32.7 Å². The molecule has 1 rings (SSSR count). The van der Waals surface area contributed by atoms with E-state index in [0.717, 1.165) is 21.8 Å². The molecule has 0 saturated carbocycles. The molecule has 0 fully saturated rings. The van der Waals surface area contributed by atoms with Gasteiger partial charge in [-0.05, 0) is 32.1 Å². The molecule has 0 aromatic carbocycles. The third-order valence-corrected chi connectivity index (χ3v) is 2.73. The lowest BCUT2D eigenvalue weighted by Gasteiger charge is -2.24. The first-order valence-electron chi connectivity index (χ1n) is 5.53. The predicted octanol–water partition coefficient (Wildman–Crippen LogP) is 1.31. The van der Waals surface area contributed by atoms with Gasteiger partial charge in [-0.1, -0.05) is 31.9 Å². The van der Waals surface area contributed by atoms with Crippen molar-refractivity contribution in [1.82, 2.24) is 4.57 Å². The fraction of sp³-hybridized carbons (Fsp3) is 0.286. The van der Waals surface area contributed by atoms with Crippen molar-refractivity contribution < 1.29 is 0 Å². The molecule has 0 unspecified atom stereocenters. The molecule has 2 heteroatoms. The monoisotopic (exact) mass is 213 g/mol. The molecule has 0 saturated heterocycles. The van der Waals surface area contributed by atoms with E-state index in [1.165, 1.54) is 0 Å². The number of aromatic nitrogens is 1. The maximum absolute atomic E-state index is 4.13. The second-order valence-electron chi connectivity index (χ2n) is 4.87. The first-order valence-corrected chi connectivity index (χ1v) is 5.53. The normalized spacial score (nSPS) is 12.8. The Morgan fingerprint density at radius 2 is 1.81 bits per heavy atom. The van der Waals surface area contributed by atoms with Crippen LogP contribution in [0.3, 0.4) is 0 Å². The van der Waals surface area contributed by atoms with Gasteiger partial charge in [0.05, 0.1) is 0 Å². The Morgan fingerprint density at radius 3 is 2.12 bits per heavy atom. The molecule has 1 aromatic rings. The second kappa shape index (κ2) is 4.21. The van der Waals surface area contributed by atoms with E-state index in [1.807, 2.05) is 19.1 Å². The lowest BCUT2D eigenvalue weighted by molar-refractivity contribution is 0.508. The average molecular weight is 213 g/mol. The zero-order valence-electron chi connectivity index (χ0n) is 10.8. The van der Waals surface area contributed by atoms with Crippen LogP contribution in [0.15, 0.2) is 13.2 Å². The smallest absolute Gasteiger partial charge is 0.134 e. The predicted molar refractivity (Wildman–Crippen MR) is 77.4 cm³/mol. The summed E-state index contributed by atoms with van der Waals surface area (Å²) in [4.78, 5) is 0. The van der Waals surface area contributed by atoms with Crippen molar-refractivity contribution in [1.29, 1.82) is 0 Å². The van der Waals surface area contributed by atoms with Gasteiger partial charge in [-0.2, -0.15) is 0 Å². The summed E-state index contributed by atoms with van der Waals surface area (Å²) in [6, 6.07) is 0. The first kappa shape index (κ1) is 12.6. The summed E-state index contributed by atoms with van der Waals surface area (Å²) in [5.74, 6) is 0. The highest BCUT2D eigenvalue weighted by atomic mass is 15.0. The zero-order valence-corrected chi connectivity index (χ0v) is 10.8. The molecule has 0 bridgehead atoms. The van der Waals surface area contributed by atoms with Gasteiger partial charge in [0, 0.05) is 22.0 Å². The highest BCUT2D eigenvalue weighted by Gasteiger charge is 2.19. The van der Waals surface area contributed by atoms with E-state index in [0.29, 0.717) is 0 Å². The van der Waals surface area contributed by atoms with E-state index in [4.69, 9.17) is 0 Å². The van der Waals surface area contributed by atoms with Gasteiger partial charge in [0.25, 0.3) is 0 Å². The quantitative estimate of drug-likeness (QED) is 0.667. The Labute approximate surface area is 98.9 Å². The molecule has 0 radical (unpaired) electrons. The molecule has 84 valence electrons. The summed E-state index contributed by atoms with van der Waals surface area (Å²) < 4.78 is 2.26. The van der Waals surface area contributed by atoms with Crippen molar-refractivity contribution in [2.45, 2.75) is 26.2 Å². The molecule has 1 nitrogen and oxygen atoms in total. The maximum atomic E-state index is 4.13. The van der Waals surface area contributed by atoms with Crippen LogP contribution in [-0.4, -0.2) is 12.4 Å². The lowest BCUT2D eigenvalue weighted by Crippen LogP contribution is -2.40. The van der Waals surface area contributed by atoms with Gasteiger partial charge in [0.1, 0.15) is 7.85 Å². The van der Waals surface area contributed by atoms with Crippen LogP contribution in [0.25, 0.3) is 24.8 Å². The Kier molecular flexibility index (Phi) is 3.32. The van der Waals surface area contributed by atoms with Crippen molar-refractivity contribution in [2.75, 3.05) is 0 Å². The fourth-order valence-corrected chi connectivity index (χ4v) is 2.13. The lowest BCUT2D eigenvalue weighted by atomic mass is 9.81. The standard InChI is InChI=1S/C14H20BN/c1-7-11-10(4)12(8-2)16(13(11)9-3)14(5,6)15/h7-9H,1,3-4,15H2,2,5-6H3/b12-8+. The van der Waals surface area contributed by atoms with Gasteiger partial charge < -0.3 is 4.57 Å². The summed E-state index contributed by atoms with van der Waals surface area (Å²) in [5, 5.41) is 2.18. The minimum absolute atomic E-state index is 0.0130. The van der Waals surface area contributed by atoms with E-state index in [1.54, 1.807) is 0 Å². The zero-order chi connectivity index (χ0) is 12.5. The van der Waals surface area contributed by atoms with E-state index < -0.39 is 0 Å². The first-order chi connectivity index (χ1) is 7.38. The van der Waals surface area contributed by atoms with Gasteiger partial charge >= 0.3 is 0 Å². The summed E-state index contributed by atoms with van der Waals surface area (Å²) in [7, 11) is 2.18. The van der Waals surface area contributed by atoms with Crippen LogP contribution >= 0.6 is 0 Å². The van der Waals surface area contributed by atoms with Crippen LogP contribution in [-0.2, 0) is 5.44 Å². The summed E-state index contributed by atoms with van der Waals surface area (Å²) in [5.41, 5.74) is 2.19. The Balaban J connectivity index is 3.93. The molecule has 0 amide bonds. The SMILES string of the molecule is BC(C)(C)n1c(C=C)c(C=C)c(=C)/c1=C\C.